The number of aryl methyl sites for hydroxylation is 1. The summed E-state index contributed by atoms with van der Waals surface area (Å²) in [5.74, 6) is 6.41. The van der Waals surface area contributed by atoms with Crippen LogP contribution in [-0.4, -0.2) is 10.9 Å². The third kappa shape index (κ3) is 4.13. The van der Waals surface area contributed by atoms with Crippen molar-refractivity contribution in [2.45, 2.75) is 32.2 Å². The van der Waals surface area contributed by atoms with E-state index in [4.69, 9.17) is 11.6 Å². The van der Waals surface area contributed by atoms with E-state index in [1.807, 2.05) is 59.2 Å². The fraction of sp³-hybridized carbons (Fsp3) is 0.227. The summed E-state index contributed by atoms with van der Waals surface area (Å²) in [5.41, 5.74) is 2.68. The molecule has 1 heterocycles. The van der Waals surface area contributed by atoms with E-state index in [0.717, 1.165) is 55.0 Å². The van der Waals surface area contributed by atoms with Gasteiger partial charge in [-0.1, -0.05) is 66.3 Å². The maximum atomic E-state index is 11.3. The van der Waals surface area contributed by atoms with E-state index in [9.17, 15) is 4.79 Å². The highest BCUT2D eigenvalue weighted by atomic mass is 35.5. The number of benzene rings is 2. The molecule has 0 radical (unpaired) electrons. The zero-order chi connectivity index (χ0) is 17.5. The minimum absolute atomic E-state index is 0.542. The van der Waals surface area contributed by atoms with Gasteiger partial charge in [-0.3, -0.25) is 4.79 Å². The average molecular weight is 350 g/mol. The smallest absolute Gasteiger partial charge is 0.153 e. The molecule has 3 rings (SSSR count). The Morgan fingerprint density at radius 3 is 2.52 bits per heavy atom. The molecular formula is C22H20ClNO. The van der Waals surface area contributed by atoms with Gasteiger partial charge in [-0.15, -0.1) is 0 Å². The quantitative estimate of drug-likeness (QED) is 0.317. The Kier molecular flexibility index (Phi) is 5.93. The lowest BCUT2D eigenvalue weighted by molar-refractivity contribution is 0.112. The second kappa shape index (κ2) is 8.55. The lowest BCUT2D eigenvalue weighted by Crippen LogP contribution is -1.98. The van der Waals surface area contributed by atoms with Crippen molar-refractivity contribution in [3.05, 3.63) is 70.9 Å². The summed E-state index contributed by atoms with van der Waals surface area (Å²) >= 11 is 6.39. The number of nitrogens with zero attached hydrogens (tertiary/aromatic N) is 1. The van der Waals surface area contributed by atoms with E-state index >= 15 is 0 Å². The summed E-state index contributed by atoms with van der Waals surface area (Å²) < 4.78 is 2.04. The maximum absolute atomic E-state index is 11.3. The molecule has 0 aliphatic carbocycles. The topological polar surface area (TPSA) is 22.0 Å². The third-order valence-corrected chi connectivity index (χ3v) is 4.66. The number of halogens is 1. The molecule has 2 nitrogen and oxygen atoms in total. The largest absolute Gasteiger partial charge is 0.331 e. The summed E-state index contributed by atoms with van der Waals surface area (Å²) in [6.45, 7) is 0.819. The predicted molar refractivity (Wildman–Crippen MR) is 104 cm³/mol. The highest BCUT2D eigenvalue weighted by Crippen LogP contribution is 2.29. The van der Waals surface area contributed by atoms with Gasteiger partial charge in [0.1, 0.15) is 5.15 Å². The second-order valence-corrected chi connectivity index (χ2v) is 6.33. The number of carbonyl (C=O) groups excluding carboxylic acids is 1. The molecule has 2 aromatic carbocycles. The zero-order valence-corrected chi connectivity index (χ0v) is 14.8. The van der Waals surface area contributed by atoms with Crippen LogP contribution in [-0.2, 0) is 6.54 Å². The predicted octanol–water partition coefficient (Wildman–Crippen LogP) is 5.72. The van der Waals surface area contributed by atoms with Crippen LogP contribution in [0.25, 0.3) is 10.9 Å². The fourth-order valence-electron chi connectivity index (χ4n) is 2.98. The van der Waals surface area contributed by atoms with Gasteiger partial charge in [0, 0.05) is 29.4 Å². The highest BCUT2D eigenvalue weighted by molar-refractivity contribution is 6.34. The summed E-state index contributed by atoms with van der Waals surface area (Å²) in [7, 11) is 0. The maximum Gasteiger partial charge on any atom is 0.153 e. The van der Waals surface area contributed by atoms with Gasteiger partial charge < -0.3 is 4.57 Å². The molecule has 0 atom stereocenters. The Balaban J connectivity index is 1.53. The average Bonchev–Trinajstić information content (AvgIpc) is 2.93. The number of hydrogen-bond donors (Lipinski definition) is 0. The summed E-state index contributed by atoms with van der Waals surface area (Å²) in [4.78, 5) is 11.3. The second-order valence-electron chi connectivity index (χ2n) is 5.97. The Bertz CT molecular complexity index is 916. The van der Waals surface area contributed by atoms with E-state index in [0.29, 0.717) is 10.7 Å². The molecule has 0 aliphatic rings. The molecule has 0 fully saturated rings. The van der Waals surface area contributed by atoms with Crippen molar-refractivity contribution in [3.63, 3.8) is 0 Å². The number of rotatable bonds is 6. The Hall–Kier alpha value is -2.50. The van der Waals surface area contributed by atoms with Crippen LogP contribution in [0.2, 0.25) is 5.15 Å². The lowest BCUT2D eigenvalue weighted by Gasteiger charge is -2.06. The van der Waals surface area contributed by atoms with E-state index in [2.05, 4.69) is 11.8 Å². The number of aromatic nitrogens is 1. The van der Waals surface area contributed by atoms with Crippen LogP contribution in [0.5, 0.6) is 0 Å². The van der Waals surface area contributed by atoms with Gasteiger partial charge in [-0.25, -0.2) is 0 Å². The molecule has 25 heavy (non-hydrogen) atoms. The summed E-state index contributed by atoms with van der Waals surface area (Å²) in [6, 6.07) is 17.9. The van der Waals surface area contributed by atoms with Crippen LogP contribution in [0.1, 0.15) is 41.6 Å². The number of carbonyl (C=O) groups is 1. The molecule has 0 N–H and O–H groups in total. The van der Waals surface area contributed by atoms with Crippen molar-refractivity contribution < 1.29 is 4.79 Å². The molecule has 3 aromatic rings. The van der Waals surface area contributed by atoms with Crippen molar-refractivity contribution >= 4 is 28.8 Å². The fourth-order valence-corrected chi connectivity index (χ4v) is 3.30. The highest BCUT2D eigenvalue weighted by Gasteiger charge is 2.13. The molecule has 0 unspecified atom stereocenters. The first-order valence-corrected chi connectivity index (χ1v) is 8.95. The number of fused-ring (bicyclic) bond motifs is 1. The van der Waals surface area contributed by atoms with Gasteiger partial charge >= 0.3 is 0 Å². The van der Waals surface area contributed by atoms with Gasteiger partial charge in [0.25, 0.3) is 0 Å². The molecule has 0 spiro atoms. The van der Waals surface area contributed by atoms with E-state index in [1.165, 1.54) is 0 Å². The first-order chi connectivity index (χ1) is 12.3. The van der Waals surface area contributed by atoms with Crippen molar-refractivity contribution in [1.29, 1.82) is 0 Å². The van der Waals surface area contributed by atoms with Crippen molar-refractivity contribution in [3.8, 4) is 11.8 Å². The molecule has 0 aliphatic heterocycles. The molecule has 0 saturated carbocycles. The van der Waals surface area contributed by atoms with Crippen molar-refractivity contribution in [1.82, 2.24) is 4.57 Å². The minimum atomic E-state index is 0.542. The van der Waals surface area contributed by atoms with Crippen molar-refractivity contribution in [2.24, 2.45) is 0 Å². The number of hydrogen-bond acceptors (Lipinski definition) is 1. The van der Waals surface area contributed by atoms with Gasteiger partial charge in [0.05, 0.1) is 5.56 Å². The Morgan fingerprint density at radius 2 is 1.72 bits per heavy atom. The lowest BCUT2D eigenvalue weighted by atomic mass is 10.1. The van der Waals surface area contributed by atoms with Crippen LogP contribution in [0.4, 0.5) is 0 Å². The van der Waals surface area contributed by atoms with Crippen LogP contribution in [0.15, 0.2) is 54.6 Å². The standard InChI is InChI=1S/C22H20ClNO/c23-22-20(17-25)19-14-8-9-15-21(19)24(22)16-10-3-1-2-5-11-18-12-6-4-7-13-18/h4,6-9,12-15,17H,1-3,10,16H2. The number of aldehydes is 1. The Morgan fingerprint density at radius 1 is 0.960 bits per heavy atom. The minimum Gasteiger partial charge on any atom is -0.331 e. The zero-order valence-electron chi connectivity index (χ0n) is 14.0. The first kappa shape index (κ1) is 17.3. The third-order valence-electron chi connectivity index (χ3n) is 4.25. The van der Waals surface area contributed by atoms with Crippen LogP contribution < -0.4 is 0 Å². The van der Waals surface area contributed by atoms with Gasteiger partial charge in [0.2, 0.25) is 0 Å². The van der Waals surface area contributed by atoms with E-state index in [1.54, 1.807) is 0 Å². The number of para-hydroxylation sites is 1. The van der Waals surface area contributed by atoms with Gasteiger partial charge in [-0.05, 0) is 31.0 Å². The molecule has 0 saturated heterocycles. The molecular weight excluding hydrogens is 330 g/mol. The van der Waals surface area contributed by atoms with E-state index < -0.39 is 0 Å². The molecule has 1 aromatic heterocycles. The Labute approximate surface area is 153 Å². The van der Waals surface area contributed by atoms with Crippen LogP contribution in [0.3, 0.4) is 0 Å². The summed E-state index contributed by atoms with van der Waals surface area (Å²) in [6.07, 6.45) is 4.92. The summed E-state index contributed by atoms with van der Waals surface area (Å²) in [5, 5.41) is 1.47. The molecule has 3 heteroatoms. The van der Waals surface area contributed by atoms with Gasteiger partial charge in [-0.2, -0.15) is 0 Å². The van der Waals surface area contributed by atoms with Gasteiger partial charge in [0.15, 0.2) is 6.29 Å². The molecule has 0 amide bonds. The SMILES string of the molecule is O=Cc1c(Cl)n(CCCCCC#Cc2ccccc2)c2ccccc12. The molecule has 0 bridgehead atoms. The van der Waals surface area contributed by atoms with E-state index in [-0.39, 0.29) is 0 Å². The molecule has 126 valence electrons. The van der Waals surface area contributed by atoms with Crippen LogP contribution in [0, 0.1) is 11.8 Å². The van der Waals surface area contributed by atoms with Crippen LogP contribution >= 0.6 is 11.6 Å². The monoisotopic (exact) mass is 349 g/mol. The normalized spacial score (nSPS) is 10.4. The number of unbranched alkanes of at least 4 members (excludes halogenated alkanes) is 3. The van der Waals surface area contributed by atoms with Crippen molar-refractivity contribution in [2.75, 3.05) is 0 Å². The first-order valence-electron chi connectivity index (χ1n) is 8.57.